The lowest BCUT2D eigenvalue weighted by molar-refractivity contribution is -0.182. The fourth-order valence-electron chi connectivity index (χ4n) is 4.72. The van der Waals surface area contributed by atoms with Crippen molar-refractivity contribution in [3.63, 3.8) is 0 Å². The Morgan fingerprint density at radius 1 is 1.09 bits per heavy atom. The lowest BCUT2D eigenvalue weighted by Gasteiger charge is -2.50. The lowest BCUT2D eigenvalue weighted by atomic mass is 9.66. The standard InChI is InChI=1S/C18H27NO4/c20-16(7-15(11-1-2-11)12-3-4-12)19-14-5-6-23-18(10-14)8-13(9-18)17(21)22/h11-15H,1-10H2,(H,19,20)(H,21,22). The molecule has 3 saturated carbocycles. The highest BCUT2D eigenvalue weighted by molar-refractivity contribution is 5.76. The van der Waals surface area contributed by atoms with Gasteiger partial charge in [0.2, 0.25) is 5.91 Å². The quantitative estimate of drug-likeness (QED) is 0.787. The summed E-state index contributed by atoms with van der Waals surface area (Å²) in [6.07, 6.45) is 8.76. The Labute approximate surface area is 137 Å². The SMILES string of the molecule is O=C(CC(C1CC1)C1CC1)NC1CCOC2(C1)CC(C(=O)O)C2. The number of nitrogens with one attached hydrogen (secondary N) is 1. The maximum absolute atomic E-state index is 12.4. The molecule has 0 radical (unpaired) electrons. The van der Waals surface area contributed by atoms with Crippen LogP contribution in [0.4, 0.5) is 0 Å². The van der Waals surface area contributed by atoms with Crippen LogP contribution in [0.1, 0.15) is 57.8 Å². The minimum atomic E-state index is -0.720. The number of carbonyl (C=O) groups is 2. The van der Waals surface area contributed by atoms with Gasteiger partial charge in [-0.05, 0) is 69.1 Å². The van der Waals surface area contributed by atoms with E-state index in [1.807, 2.05) is 0 Å². The zero-order valence-corrected chi connectivity index (χ0v) is 13.6. The van der Waals surface area contributed by atoms with E-state index in [4.69, 9.17) is 9.84 Å². The van der Waals surface area contributed by atoms with E-state index in [2.05, 4.69) is 5.32 Å². The van der Waals surface area contributed by atoms with Gasteiger partial charge >= 0.3 is 5.97 Å². The zero-order chi connectivity index (χ0) is 16.0. The monoisotopic (exact) mass is 321 g/mol. The lowest BCUT2D eigenvalue weighted by Crippen LogP contribution is -2.56. The number of rotatable bonds is 6. The molecule has 23 heavy (non-hydrogen) atoms. The maximum Gasteiger partial charge on any atom is 0.306 e. The summed E-state index contributed by atoms with van der Waals surface area (Å²) >= 11 is 0. The van der Waals surface area contributed by atoms with E-state index in [1.165, 1.54) is 25.7 Å². The first-order valence-electron chi connectivity index (χ1n) is 9.21. The van der Waals surface area contributed by atoms with Gasteiger partial charge in [0.1, 0.15) is 0 Å². The van der Waals surface area contributed by atoms with Gasteiger partial charge in [0.05, 0.1) is 11.5 Å². The van der Waals surface area contributed by atoms with Crippen molar-refractivity contribution in [2.45, 2.75) is 69.4 Å². The van der Waals surface area contributed by atoms with Crippen molar-refractivity contribution in [3.05, 3.63) is 0 Å². The molecule has 4 fully saturated rings. The number of hydrogen-bond donors (Lipinski definition) is 2. The second-order valence-corrected chi connectivity index (χ2v) is 8.27. The predicted octanol–water partition coefficient (Wildman–Crippen LogP) is 2.34. The molecule has 1 unspecified atom stereocenters. The Morgan fingerprint density at radius 3 is 2.30 bits per heavy atom. The van der Waals surface area contributed by atoms with Crippen molar-refractivity contribution in [2.75, 3.05) is 6.61 Å². The summed E-state index contributed by atoms with van der Waals surface area (Å²) in [6.45, 7) is 0.631. The number of carbonyl (C=O) groups excluding carboxylic acids is 1. The third kappa shape index (κ3) is 3.39. The summed E-state index contributed by atoms with van der Waals surface area (Å²) in [6, 6.07) is 0.157. The third-order valence-corrected chi connectivity index (χ3v) is 6.32. The van der Waals surface area contributed by atoms with Crippen molar-refractivity contribution >= 4 is 11.9 Å². The molecule has 128 valence electrons. The summed E-state index contributed by atoms with van der Waals surface area (Å²) in [5, 5.41) is 12.3. The number of aliphatic carboxylic acids is 1. The first kappa shape index (κ1) is 15.4. The number of hydrogen-bond acceptors (Lipinski definition) is 3. The van der Waals surface area contributed by atoms with E-state index in [9.17, 15) is 9.59 Å². The molecule has 4 aliphatic rings. The summed E-state index contributed by atoms with van der Waals surface area (Å²) in [5.41, 5.74) is -0.286. The number of amides is 1. The largest absolute Gasteiger partial charge is 0.481 e. The van der Waals surface area contributed by atoms with Crippen LogP contribution >= 0.6 is 0 Å². The molecule has 1 atom stereocenters. The van der Waals surface area contributed by atoms with Crippen LogP contribution in [-0.2, 0) is 14.3 Å². The molecule has 1 heterocycles. The molecule has 0 bridgehead atoms. The van der Waals surface area contributed by atoms with Crippen LogP contribution in [-0.4, -0.2) is 35.2 Å². The van der Waals surface area contributed by atoms with Crippen molar-refractivity contribution < 1.29 is 19.4 Å². The van der Waals surface area contributed by atoms with Crippen molar-refractivity contribution in [2.24, 2.45) is 23.7 Å². The minimum Gasteiger partial charge on any atom is -0.481 e. The van der Waals surface area contributed by atoms with Crippen LogP contribution in [0.25, 0.3) is 0 Å². The number of carboxylic acid groups (broad SMARTS) is 1. The molecule has 4 rings (SSSR count). The van der Waals surface area contributed by atoms with Crippen LogP contribution in [0.2, 0.25) is 0 Å². The molecule has 5 nitrogen and oxygen atoms in total. The molecular formula is C18H27NO4. The molecule has 1 saturated heterocycles. The van der Waals surface area contributed by atoms with Gasteiger partial charge in [-0.2, -0.15) is 0 Å². The average Bonchev–Trinajstić information content (AvgIpc) is 3.36. The highest BCUT2D eigenvalue weighted by Crippen LogP contribution is 2.51. The molecule has 2 N–H and O–H groups in total. The fraction of sp³-hybridized carbons (Fsp3) is 0.889. The molecule has 1 spiro atoms. The minimum absolute atomic E-state index is 0.157. The first-order chi connectivity index (χ1) is 11.0. The van der Waals surface area contributed by atoms with Crippen molar-refractivity contribution in [1.82, 2.24) is 5.32 Å². The van der Waals surface area contributed by atoms with Crippen LogP contribution < -0.4 is 5.32 Å². The highest BCUT2D eigenvalue weighted by atomic mass is 16.5. The molecule has 3 aliphatic carbocycles. The van der Waals surface area contributed by atoms with Crippen LogP contribution in [0.5, 0.6) is 0 Å². The smallest absolute Gasteiger partial charge is 0.306 e. The van der Waals surface area contributed by atoms with Crippen LogP contribution in [0.3, 0.4) is 0 Å². The van der Waals surface area contributed by atoms with Gasteiger partial charge < -0.3 is 15.2 Å². The Bertz CT molecular complexity index is 479. The third-order valence-electron chi connectivity index (χ3n) is 6.32. The van der Waals surface area contributed by atoms with Gasteiger partial charge in [0.15, 0.2) is 0 Å². The van der Waals surface area contributed by atoms with Gasteiger partial charge in [-0.1, -0.05) is 0 Å². The summed E-state index contributed by atoms with van der Waals surface area (Å²) < 4.78 is 5.86. The van der Waals surface area contributed by atoms with Gasteiger partial charge in [0, 0.05) is 19.1 Å². The summed E-state index contributed by atoms with van der Waals surface area (Å²) in [4.78, 5) is 23.4. The Balaban J connectivity index is 1.27. The summed E-state index contributed by atoms with van der Waals surface area (Å²) in [7, 11) is 0. The van der Waals surface area contributed by atoms with Crippen LogP contribution in [0.15, 0.2) is 0 Å². The topological polar surface area (TPSA) is 75.6 Å². The molecule has 0 aromatic carbocycles. The van der Waals surface area contributed by atoms with Crippen LogP contribution in [0, 0.1) is 23.7 Å². The maximum atomic E-state index is 12.4. The average molecular weight is 321 g/mol. The van der Waals surface area contributed by atoms with Gasteiger partial charge in [-0.25, -0.2) is 0 Å². The van der Waals surface area contributed by atoms with E-state index in [1.54, 1.807) is 0 Å². The second-order valence-electron chi connectivity index (χ2n) is 8.27. The zero-order valence-electron chi connectivity index (χ0n) is 13.6. The number of carboxylic acids is 1. The second kappa shape index (κ2) is 5.76. The van der Waals surface area contributed by atoms with E-state index < -0.39 is 5.97 Å². The molecule has 0 aromatic rings. The highest BCUT2D eigenvalue weighted by Gasteiger charge is 2.51. The Hall–Kier alpha value is -1.10. The first-order valence-corrected chi connectivity index (χ1v) is 9.21. The Kier molecular flexibility index (Phi) is 3.87. The van der Waals surface area contributed by atoms with E-state index in [-0.39, 0.29) is 23.5 Å². The normalized spacial score (nSPS) is 36.7. The molecule has 0 aromatic heterocycles. The van der Waals surface area contributed by atoms with Crippen molar-refractivity contribution in [3.8, 4) is 0 Å². The molecule has 5 heteroatoms. The van der Waals surface area contributed by atoms with Gasteiger partial charge in [0.25, 0.3) is 0 Å². The molecule has 1 amide bonds. The van der Waals surface area contributed by atoms with E-state index >= 15 is 0 Å². The van der Waals surface area contributed by atoms with Gasteiger partial charge in [-0.15, -0.1) is 0 Å². The summed E-state index contributed by atoms with van der Waals surface area (Å²) in [5.74, 6) is 1.43. The van der Waals surface area contributed by atoms with E-state index in [0.717, 1.165) is 24.7 Å². The molecule has 1 aliphatic heterocycles. The molecular weight excluding hydrogens is 294 g/mol. The predicted molar refractivity (Wildman–Crippen MR) is 83.8 cm³/mol. The van der Waals surface area contributed by atoms with E-state index in [0.29, 0.717) is 31.8 Å². The fourth-order valence-corrected chi connectivity index (χ4v) is 4.72. The Morgan fingerprint density at radius 2 is 1.74 bits per heavy atom. The van der Waals surface area contributed by atoms with Crippen molar-refractivity contribution in [1.29, 1.82) is 0 Å². The number of ether oxygens (including phenoxy) is 1. The van der Waals surface area contributed by atoms with Gasteiger partial charge in [-0.3, -0.25) is 9.59 Å².